The molecular formula is C13H18N2O. The lowest BCUT2D eigenvalue weighted by Crippen LogP contribution is -2.43. The van der Waals surface area contributed by atoms with E-state index in [4.69, 9.17) is 10.5 Å². The first-order valence-corrected chi connectivity index (χ1v) is 6.05. The summed E-state index contributed by atoms with van der Waals surface area (Å²) in [6.45, 7) is 2.66. The molecule has 2 aliphatic rings. The van der Waals surface area contributed by atoms with E-state index in [1.54, 1.807) is 0 Å². The van der Waals surface area contributed by atoms with Gasteiger partial charge < -0.3 is 15.4 Å². The van der Waals surface area contributed by atoms with Crippen LogP contribution in [0.5, 0.6) is 0 Å². The number of hydrogen-bond donors (Lipinski definition) is 1. The third-order valence-corrected chi connectivity index (χ3v) is 3.60. The molecule has 2 aliphatic heterocycles. The smallest absolute Gasteiger partial charge is 0.0755 e. The summed E-state index contributed by atoms with van der Waals surface area (Å²) in [7, 11) is 0. The van der Waals surface area contributed by atoms with Crippen LogP contribution in [0.2, 0.25) is 0 Å². The molecule has 3 heteroatoms. The van der Waals surface area contributed by atoms with Gasteiger partial charge in [0, 0.05) is 25.3 Å². The summed E-state index contributed by atoms with van der Waals surface area (Å²) in [4.78, 5) is 2.44. The minimum Gasteiger partial charge on any atom is -0.371 e. The zero-order chi connectivity index (χ0) is 11.0. The Morgan fingerprint density at radius 1 is 1.19 bits per heavy atom. The number of morpholine rings is 1. The van der Waals surface area contributed by atoms with Gasteiger partial charge in [-0.3, -0.25) is 0 Å². The number of rotatable bonds is 2. The molecule has 1 aromatic carbocycles. The van der Waals surface area contributed by atoms with Crippen LogP contribution in [0.1, 0.15) is 18.4 Å². The van der Waals surface area contributed by atoms with E-state index in [-0.39, 0.29) is 0 Å². The van der Waals surface area contributed by atoms with E-state index in [1.807, 2.05) is 0 Å². The fourth-order valence-corrected chi connectivity index (χ4v) is 2.80. The van der Waals surface area contributed by atoms with Crippen LogP contribution in [0.15, 0.2) is 24.3 Å². The highest BCUT2D eigenvalue weighted by Crippen LogP contribution is 2.31. The molecule has 2 fully saturated rings. The van der Waals surface area contributed by atoms with Gasteiger partial charge in [0.05, 0.1) is 12.2 Å². The molecule has 0 radical (unpaired) electrons. The van der Waals surface area contributed by atoms with Gasteiger partial charge in [-0.05, 0) is 24.5 Å². The first kappa shape index (κ1) is 10.1. The first-order valence-electron chi connectivity index (χ1n) is 6.05. The van der Waals surface area contributed by atoms with Gasteiger partial charge in [-0.1, -0.05) is 18.2 Å². The summed E-state index contributed by atoms with van der Waals surface area (Å²) in [6, 6.07) is 8.44. The quantitative estimate of drug-likeness (QED) is 0.817. The van der Waals surface area contributed by atoms with Crippen LogP contribution in [-0.2, 0) is 11.3 Å². The Labute approximate surface area is 96.2 Å². The number of anilines is 1. The third kappa shape index (κ3) is 1.70. The molecule has 1 aromatic rings. The molecule has 0 amide bonds. The Kier molecular flexibility index (Phi) is 2.58. The average Bonchev–Trinajstić information content (AvgIpc) is 2.68. The van der Waals surface area contributed by atoms with Crippen LogP contribution in [0.3, 0.4) is 0 Å². The maximum absolute atomic E-state index is 5.85. The fraction of sp³-hybridized carbons (Fsp3) is 0.538. The van der Waals surface area contributed by atoms with E-state index in [0.717, 1.165) is 13.1 Å². The SMILES string of the molecule is NCc1ccccc1N1CC2CCC(C1)O2. The van der Waals surface area contributed by atoms with E-state index >= 15 is 0 Å². The van der Waals surface area contributed by atoms with Gasteiger partial charge in [0.25, 0.3) is 0 Å². The Morgan fingerprint density at radius 2 is 1.88 bits per heavy atom. The molecule has 0 saturated carbocycles. The minimum atomic E-state index is 0.435. The maximum atomic E-state index is 5.85. The topological polar surface area (TPSA) is 38.5 Å². The van der Waals surface area contributed by atoms with Crippen molar-refractivity contribution in [2.75, 3.05) is 18.0 Å². The molecule has 16 heavy (non-hydrogen) atoms. The van der Waals surface area contributed by atoms with Gasteiger partial charge in [0.1, 0.15) is 0 Å². The lowest BCUT2D eigenvalue weighted by atomic mass is 10.1. The Morgan fingerprint density at radius 3 is 2.56 bits per heavy atom. The van der Waals surface area contributed by atoms with Crippen molar-refractivity contribution in [3.8, 4) is 0 Å². The Hall–Kier alpha value is -1.06. The lowest BCUT2D eigenvalue weighted by molar-refractivity contribution is 0.0304. The van der Waals surface area contributed by atoms with Crippen molar-refractivity contribution in [1.29, 1.82) is 0 Å². The van der Waals surface area contributed by atoms with E-state index in [0.29, 0.717) is 18.8 Å². The van der Waals surface area contributed by atoms with E-state index in [1.165, 1.54) is 24.1 Å². The van der Waals surface area contributed by atoms with Crippen LogP contribution >= 0.6 is 0 Å². The minimum absolute atomic E-state index is 0.435. The van der Waals surface area contributed by atoms with Gasteiger partial charge in [-0.15, -0.1) is 0 Å². The molecule has 0 aliphatic carbocycles. The number of fused-ring (bicyclic) bond motifs is 2. The predicted octanol–water partition coefficient (Wildman–Crippen LogP) is 1.51. The van der Waals surface area contributed by atoms with Crippen molar-refractivity contribution in [2.24, 2.45) is 5.73 Å². The number of ether oxygens (including phenoxy) is 1. The van der Waals surface area contributed by atoms with E-state index < -0.39 is 0 Å². The predicted molar refractivity (Wildman–Crippen MR) is 64.4 cm³/mol. The van der Waals surface area contributed by atoms with Crippen molar-refractivity contribution in [2.45, 2.75) is 31.6 Å². The van der Waals surface area contributed by atoms with Crippen LogP contribution in [-0.4, -0.2) is 25.3 Å². The summed E-state index contributed by atoms with van der Waals surface area (Å²) < 4.78 is 5.85. The molecule has 86 valence electrons. The van der Waals surface area contributed by atoms with Crippen LogP contribution in [0.25, 0.3) is 0 Å². The monoisotopic (exact) mass is 218 g/mol. The van der Waals surface area contributed by atoms with Crippen molar-refractivity contribution < 1.29 is 4.74 Å². The van der Waals surface area contributed by atoms with Gasteiger partial charge in [-0.25, -0.2) is 0 Å². The molecule has 2 saturated heterocycles. The lowest BCUT2D eigenvalue weighted by Gasteiger charge is -2.35. The number of hydrogen-bond acceptors (Lipinski definition) is 3. The summed E-state index contributed by atoms with van der Waals surface area (Å²) in [5, 5.41) is 0. The molecular weight excluding hydrogens is 200 g/mol. The standard InChI is InChI=1S/C13H18N2O/c14-7-10-3-1-2-4-13(10)15-8-11-5-6-12(9-15)16-11/h1-4,11-12H,5-9,14H2. The van der Waals surface area contributed by atoms with Crippen LogP contribution in [0, 0.1) is 0 Å². The molecule has 3 nitrogen and oxygen atoms in total. The normalized spacial score (nSPS) is 28.4. The zero-order valence-corrected chi connectivity index (χ0v) is 9.43. The summed E-state index contributed by atoms with van der Waals surface area (Å²) in [5.41, 5.74) is 8.32. The second kappa shape index (κ2) is 4.07. The highest BCUT2D eigenvalue weighted by Gasteiger charge is 2.34. The van der Waals surface area contributed by atoms with Gasteiger partial charge >= 0.3 is 0 Å². The van der Waals surface area contributed by atoms with Gasteiger partial charge in [0.15, 0.2) is 0 Å². The van der Waals surface area contributed by atoms with Crippen LogP contribution < -0.4 is 10.6 Å². The number of benzene rings is 1. The molecule has 0 spiro atoms. The van der Waals surface area contributed by atoms with Crippen molar-refractivity contribution in [3.05, 3.63) is 29.8 Å². The number of nitrogens with two attached hydrogens (primary N) is 1. The Balaban J connectivity index is 1.86. The molecule has 3 rings (SSSR count). The molecule has 2 atom stereocenters. The first-order chi connectivity index (χ1) is 7.86. The average molecular weight is 218 g/mol. The molecule has 2 unspecified atom stereocenters. The second-order valence-corrected chi connectivity index (χ2v) is 4.70. The second-order valence-electron chi connectivity index (χ2n) is 4.70. The largest absolute Gasteiger partial charge is 0.371 e. The van der Waals surface area contributed by atoms with Gasteiger partial charge in [0.2, 0.25) is 0 Å². The highest BCUT2D eigenvalue weighted by molar-refractivity contribution is 5.54. The molecule has 0 aromatic heterocycles. The van der Waals surface area contributed by atoms with E-state index in [2.05, 4.69) is 29.2 Å². The number of nitrogens with zero attached hydrogens (tertiary/aromatic N) is 1. The number of para-hydroxylation sites is 1. The zero-order valence-electron chi connectivity index (χ0n) is 9.43. The van der Waals surface area contributed by atoms with Crippen molar-refractivity contribution in [1.82, 2.24) is 0 Å². The van der Waals surface area contributed by atoms with Crippen molar-refractivity contribution in [3.63, 3.8) is 0 Å². The third-order valence-electron chi connectivity index (χ3n) is 3.60. The highest BCUT2D eigenvalue weighted by atomic mass is 16.5. The molecule has 2 heterocycles. The molecule has 2 bridgehead atoms. The van der Waals surface area contributed by atoms with E-state index in [9.17, 15) is 0 Å². The molecule has 2 N–H and O–H groups in total. The summed E-state index contributed by atoms with van der Waals surface area (Å²) >= 11 is 0. The summed E-state index contributed by atoms with van der Waals surface area (Å²) in [6.07, 6.45) is 3.30. The van der Waals surface area contributed by atoms with Crippen LogP contribution in [0.4, 0.5) is 5.69 Å². The van der Waals surface area contributed by atoms with Crippen molar-refractivity contribution >= 4 is 5.69 Å². The fourth-order valence-electron chi connectivity index (χ4n) is 2.80. The summed E-state index contributed by atoms with van der Waals surface area (Å²) in [5.74, 6) is 0. The Bertz CT molecular complexity index is 368. The maximum Gasteiger partial charge on any atom is 0.0755 e. The van der Waals surface area contributed by atoms with Gasteiger partial charge in [-0.2, -0.15) is 0 Å².